The Balaban J connectivity index is 1.78. The van der Waals surface area contributed by atoms with Gasteiger partial charge in [-0.15, -0.1) is 0 Å². The molecule has 2 bridgehead atoms. The number of carbonyl (C=O) groups excluding carboxylic acids is 2. The van der Waals surface area contributed by atoms with Crippen LogP contribution in [0.3, 0.4) is 0 Å². The highest BCUT2D eigenvalue weighted by Crippen LogP contribution is 2.55. The minimum atomic E-state index is -0.995. The van der Waals surface area contributed by atoms with Crippen molar-refractivity contribution in [2.75, 3.05) is 0 Å². The van der Waals surface area contributed by atoms with Crippen molar-refractivity contribution in [1.82, 2.24) is 0 Å². The molecule has 1 fully saturated rings. The maximum atomic E-state index is 11.7. The fourth-order valence-electron chi connectivity index (χ4n) is 4.19. The normalized spacial score (nSPS) is 30.1. The van der Waals surface area contributed by atoms with Gasteiger partial charge >= 0.3 is 12.3 Å². The Morgan fingerprint density at radius 1 is 0.609 bits per heavy atom. The number of cyclic esters (lactones) is 2. The smallest absolute Gasteiger partial charge is 0.426 e. The fourth-order valence-corrected chi connectivity index (χ4v) is 4.19. The lowest BCUT2D eigenvalue weighted by atomic mass is 9.61. The Kier molecular flexibility index (Phi) is 2.40. The van der Waals surface area contributed by atoms with Gasteiger partial charge in [-0.25, -0.2) is 9.59 Å². The Bertz CT molecular complexity index is 727. The Hall–Kier alpha value is -2.82. The third kappa shape index (κ3) is 1.62. The summed E-state index contributed by atoms with van der Waals surface area (Å²) in [6, 6.07) is 16.1. The van der Waals surface area contributed by atoms with Crippen molar-refractivity contribution < 1.29 is 23.8 Å². The lowest BCUT2D eigenvalue weighted by Gasteiger charge is -2.47. The molecule has 0 N–H and O–H groups in total. The number of ether oxygens (including phenoxy) is 3. The largest absolute Gasteiger partial charge is 0.519 e. The first-order valence-corrected chi connectivity index (χ1v) is 7.51. The standard InChI is InChI=1S/C18H12O5/c19-17-21-15-13-9-5-1-2-6-10(9)14(16(15)22-18(20)23-17)12-8-4-3-7-11(12)13/h1-8,13-16H. The predicted molar refractivity (Wildman–Crippen MR) is 78.2 cm³/mol. The summed E-state index contributed by atoms with van der Waals surface area (Å²) < 4.78 is 15.4. The van der Waals surface area contributed by atoms with Crippen LogP contribution in [-0.4, -0.2) is 24.5 Å². The molecule has 0 aromatic heterocycles. The molecule has 2 atom stereocenters. The third-order valence-corrected chi connectivity index (χ3v) is 4.94. The zero-order valence-corrected chi connectivity index (χ0v) is 12.0. The third-order valence-electron chi connectivity index (χ3n) is 4.94. The number of hydrogen-bond donors (Lipinski definition) is 0. The van der Waals surface area contributed by atoms with E-state index in [0.29, 0.717) is 0 Å². The van der Waals surface area contributed by atoms with E-state index in [0.717, 1.165) is 22.3 Å². The maximum absolute atomic E-state index is 11.7. The molecule has 2 aromatic rings. The monoisotopic (exact) mass is 308 g/mol. The van der Waals surface area contributed by atoms with E-state index in [2.05, 4.69) is 4.74 Å². The molecule has 0 saturated carbocycles. The van der Waals surface area contributed by atoms with Crippen molar-refractivity contribution in [3.8, 4) is 0 Å². The van der Waals surface area contributed by atoms with E-state index in [9.17, 15) is 9.59 Å². The van der Waals surface area contributed by atoms with Crippen LogP contribution < -0.4 is 0 Å². The maximum Gasteiger partial charge on any atom is 0.519 e. The van der Waals surface area contributed by atoms with Crippen LogP contribution in [0.15, 0.2) is 48.5 Å². The highest BCUT2D eigenvalue weighted by molar-refractivity contribution is 5.79. The van der Waals surface area contributed by atoms with E-state index >= 15 is 0 Å². The summed E-state index contributed by atoms with van der Waals surface area (Å²) in [5.74, 6) is -0.313. The second-order valence-corrected chi connectivity index (χ2v) is 5.98. The van der Waals surface area contributed by atoms with Gasteiger partial charge in [0.2, 0.25) is 0 Å². The first kappa shape index (κ1) is 12.7. The molecule has 1 aliphatic heterocycles. The van der Waals surface area contributed by atoms with Gasteiger partial charge in [-0.1, -0.05) is 48.5 Å². The zero-order chi connectivity index (χ0) is 15.6. The molecule has 4 aliphatic rings. The lowest BCUT2D eigenvalue weighted by Crippen LogP contribution is -2.49. The van der Waals surface area contributed by atoms with E-state index in [1.54, 1.807) is 0 Å². The van der Waals surface area contributed by atoms with Crippen LogP contribution in [-0.2, 0) is 14.2 Å². The SMILES string of the molecule is O=C1OC(=O)OC2C3c4ccccc4C(c4ccccc43)C2O1. The van der Waals surface area contributed by atoms with Gasteiger partial charge in [-0.05, 0) is 22.3 Å². The summed E-state index contributed by atoms with van der Waals surface area (Å²) in [5, 5.41) is 0. The van der Waals surface area contributed by atoms with Gasteiger partial charge in [-0.2, -0.15) is 0 Å². The second kappa shape index (κ2) is 4.35. The molecule has 6 rings (SSSR count). The van der Waals surface area contributed by atoms with Crippen LogP contribution in [0.5, 0.6) is 0 Å². The van der Waals surface area contributed by atoms with Gasteiger partial charge in [0.1, 0.15) is 0 Å². The summed E-state index contributed by atoms with van der Waals surface area (Å²) in [6.45, 7) is 0. The van der Waals surface area contributed by atoms with Crippen molar-refractivity contribution in [2.24, 2.45) is 0 Å². The average molecular weight is 308 g/mol. The van der Waals surface area contributed by atoms with Crippen molar-refractivity contribution in [2.45, 2.75) is 24.0 Å². The van der Waals surface area contributed by atoms with Crippen molar-refractivity contribution >= 4 is 12.3 Å². The number of benzene rings is 2. The highest BCUT2D eigenvalue weighted by Gasteiger charge is 2.55. The van der Waals surface area contributed by atoms with Gasteiger partial charge in [0.25, 0.3) is 0 Å². The summed E-state index contributed by atoms with van der Waals surface area (Å²) in [5.41, 5.74) is 4.46. The number of hydrogen-bond acceptors (Lipinski definition) is 5. The topological polar surface area (TPSA) is 61.8 Å². The molecule has 1 saturated heterocycles. The molecule has 0 radical (unpaired) electrons. The van der Waals surface area contributed by atoms with Crippen LogP contribution >= 0.6 is 0 Å². The zero-order valence-electron chi connectivity index (χ0n) is 12.0. The lowest BCUT2D eigenvalue weighted by molar-refractivity contribution is -0.0165. The molecule has 2 aromatic carbocycles. The molecular formula is C18H12O5. The predicted octanol–water partition coefficient (Wildman–Crippen LogP) is 3.32. The molecule has 2 unspecified atom stereocenters. The summed E-state index contributed by atoms with van der Waals surface area (Å²) in [6.07, 6.45) is -3.12. The Morgan fingerprint density at radius 3 is 1.30 bits per heavy atom. The van der Waals surface area contributed by atoms with E-state index in [-0.39, 0.29) is 11.8 Å². The summed E-state index contributed by atoms with van der Waals surface area (Å²) >= 11 is 0. The van der Waals surface area contributed by atoms with E-state index < -0.39 is 24.5 Å². The first-order chi connectivity index (χ1) is 11.2. The van der Waals surface area contributed by atoms with Gasteiger partial charge in [-0.3, -0.25) is 0 Å². The molecule has 0 amide bonds. The molecule has 23 heavy (non-hydrogen) atoms. The minimum absolute atomic E-state index is 0.157. The van der Waals surface area contributed by atoms with Gasteiger partial charge in [0.05, 0.1) is 11.8 Å². The molecule has 114 valence electrons. The fraction of sp³-hybridized carbons (Fsp3) is 0.222. The molecule has 5 heteroatoms. The molecular weight excluding hydrogens is 296 g/mol. The minimum Gasteiger partial charge on any atom is -0.426 e. The number of rotatable bonds is 0. The van der Waals surface area contributed by atoms with E-state index in [4.69, 9.17) is 9.47 Å². The highest BCUT2D eigenvalue weighted by atomic mass is 16.8. The molecule has 1 heterocycles. The van der Waals surface area contributed by atoms with Gasteiger partial charge < -0.3 is 14.2 Å². The average Bonchev–Trinajstić information content (AvgIpc) is 2.71. The summed E-state index contributed by atoms with van der Waals surface area (Å²) in [7, 11) is 0. The van der Waals surface area contributed by atoms with Crippen LogP contribution in [0.2, 0.25) is 0 Å². The molecule has 5 nitrogen and oxygen atoms in total. The van der Waals surface area contributed by atoms with Crippen molar-refractivity contribution in [3.63, 3.8) is 0 Å². The van der Waals surface area contributed by atoms with Crippen LogP contribution in [0.25, 0.3) is 0 Å². The Morgan fingerprint density at radius 2 is 0.957 bits per heavy atom. The quantitative estimate of drug-likeness (QED) is 0.552. The molecule has 0 spiro atoms. The van der Waals surface area contributed by atoms with Crippen LogP contribution in [0, 0.1) is 0 Å². The first-order valence-electron chi connectivity index (χ1n) is 7.51. The number of carbonyl (C=O) groups is 2. The molecule has 3 aliphatic carbocycles. The van der Waals surface area contributed by atoms with Crippen LogP contribution in [0.4, 0.5) is 9.59 Å². The van der Waals surface area contributed by atoms with Gasteiger partial charge in [0.15, 0.2) is 12.2 Å². The second-order valence-electron chi connectivity index (χ2n) is 5.98. The summed E-state index contributed by atoms with van der Waals surface area (Å²) in [4.78, 5) is 23.4. The van der Waals surface area contributed by atoms with E-state index in [1.165, 1.54) is 0 Å². The van der Waals surface area contributed by atoms with Gasteiger partial charge in [0, 0.05) is 0 Å². The van der Waals surface area contributed by atoms with Crippen LogP contribution in [0.1, 0.15) is 34.1 Å². The van der Waals surface area contributed by atoms with Crippen molar-refractivity contribution in [3.05, 3.63) is 70.8 Å². The van der Waals surface area contributed by atoms with Crippen molar-refractivity contribution in [1.29, 1.82) is 0 Å². The Labute approximate surface area is 131 Å². The van der Waals surface area contributed by atoms with E-state index in [1.807, 2.05) is 48.5 Å².